The molecule has 6 rings (SSSR count). The molecule has 5 heterocycles. The van der Waals surface area contributed by atoms with E-state index in [0.717, 1.165) is 58.0 Å². The molecule has 0 saturated carbocycles. The summed E-state index contributed by atoms with van der Waals surface area (Å²) in [5.74, 6) is 0.245. The number of morpholine rings is 1. The van der Waals surface area contributed by atoms with Crippen molar-refractivity contribution in [3.05, 3.63) is 78.4 Å². The van der Waals surface area contributed by atoms with Crippen LogP contribution in [0.3, 0.4) is 0 Å². The van der Waals surface area contributed by atoms with E-state index in [4.69, 9.17) is 19.4 Å². The first-order valence-corrected chi connectivity index (χ1v) is 13.3. The van der Waals surface area contributed by atoms with Gasteiger partial charge in [0.1, 0.15) is 18.1 Å². The minimum absolute atomic E-state index is 0.0486. The van der Waals surface area contributed by atoms with Crippen LogP contribution in [0.5, 0.6) is 0 Å². The lowest BCUT2D eigenvalue weighted by Gasteiger charge is -2.28. The molecule has 202 valence electrons. The Kier molecular flexibility index (Phi) is 7.32. The summed E-state index contributed by atoms with van der Waals surface area (Å²) in [6, 6.07) is 17.9. The molecule has 0 aliphatic carbocycles. The molecule has 0 spiro atoms. The Labute approximate surface area is 231 Å². The Morgan fingerprint density at radius 2 is 1.93 bits per heavy atom. The molecule has 1 saturated heterocycles. The number of fused-ring (bicyclic) bond motifs is 2. The lowest BCUT2D eigenvalue weighted by molar-refractivity contribution is -0.140. The van der Waals surface area contributed by atoms with E-state index < -0.39 is 0 Å². The van der Waals surface area contributed by atoms with Crippen LogP contribution in [0.15, 0.2) is 67.0 Å². The van der Waals surface area contributed by atoms with Crippen LogP contribution in [0.25, 0.3) is 40.0 Å². The molecule has 1 aromatic carbocycles. The molecule has 1 N–H and O–H groups in total. The van der Waals surface area contributed by atoms with Crippen LogP contribution in [-0.4, -0.2) is 70.0 Å². The second-order valence-corrected chi connectivity index (χ2v) is 9.25. The maximum atomic E-state index is 11.7. The topological polar surface area (TPSA) is 107 Å². The molecule has 1 fully saturated rings. The number of imidazole rings is 1. The van der Waals surface area contributed by atoms with E-state index in [1.54, 1.807) is 19.3 Å². The fraction of sp³-hybridized carbons (Fsp3) is 0.233. The SMILES string of the molecule is CCOC(=O)CNc1ccc(-c2c(C=Cc3ccc4ccccc4n3)nc3c(N4CCOCC4)ccnn23)cn1. The lowest BCUT2D eigenvalue weighted by Crippen LogP contribution is -2.36. The van der Waals surface area contributed by atoms with E-state index in [1.165, 1.54) is 0 Å². The predicted molar refractivity (Wildman–Crippen MR) is 155 cm³/mol. The van der Waals surface area contributed by atoms with Crippen molar-refractivity contribution < 1.29 is 14.3 Å². The first-order chi connectivity index (χ1) is 19.7. The molecule has 0 atom stereocenters. The second kappa shape index (κ2) is 11.5. The molecule has 1 aliphatic heterocycles. The van der Waals surface area contributed by atoms with E-state index in [1.807, 2.05) is 65.2 Å². The number of nitrogens with zero attached hydrogens (tertiary/aromatic N) is 6. The average molecular weight is 536 g/mol. The van der Waals surface area contributed by atoms with E-state index in [-0.39, 0.29) is 12.5 Å². The van der Waals surface area contributed by atoms with Crippen LogP contribution in [0.4, 0.5) is 11.5 Å². The highest BCUT2D eigenvalue weighted by Crippen LogP contribution is 2.31. The molecule has 10 nitrogen and oxygen atoms in total. The monoisotopic (exact) mass is 535 g/mol. The normalized spacial score (nSPS) is 13.8. The lowest BCUT2D eigenvalue weighted by atomic mass is 10.1. The Morgan fingerprint density at radius 1 is 1.05 bits per heavy atom. The van der Waals surface area contributed by atoms with Crippen LogP contribution < -0.4 is 10.2 Å². The summed E-state index contributed by atoms with van der Waals surface area (Å²) in [5.41, 5.74) is 5.93. The van der Waals surface area contributed by atoms with E-state index in [0.29, 0.717) is 25.6 Å². The number of pyridine rings is 2. The van der Waals surface area contributed by atoms with Gasteiger partial charge in [-0.1, -0.05) is 24.3 Å². The van der Waals surface area contributed by atoms with E-state index in [9.17, 15) is 4.79 Å². The molecule has 4 aromatic heterocycles. The molecule has 0 amide bonds. The van der Waals surface area contributed by atoms with Gasteiger partial charge in [-0.25, -0.2) is 19.5 Å². The molecule has 1 aliphatic rings. The van der Waals surface area contributed by atoms with Gasteiger partial charge in [0.05, 0.1) is 48.6 Å². The van der Waals surface area contributed by atoms with Gasteiger partial charge >= 0.3 is 5.97 Å². The van der Waals surface area contributed by atoms with Crippen LogP contribution in [-0.2, 0) is 14.3 Å². The van der Waals surface area contributed by atoms with Crippen LogP contribution in [0.1, 0.15) is 18.3 Å². The molecule has 10 heteroatoms. The Balaban J connectivity index is 1.39. The van der Waals surface area contributed by atoms with Crippen molar-refractivity contribution in [2.24, 2.45) is 0 Å². The number of esters is 1. The Bertz CT molecular complexity index is 1670. The van der Waals surface area contributed by atoms with Crippen molar-refractivity contribution in [3.63, 3.8) is 0 Å². The van der Waals surface area contributed by atoms with Gasteiger partial charge in [-0.15, -0.1) is 0 Å². The summed E-state index contributed by atoms with van der Waals surface area (Å²) < 4.78 is 12.4. The minimum atomic E-state index is -0.329. The standard InChI is InChI=1S/C30H29N7O3/c1-2-40-28(38)20-32-27-12-8-22(19-31-27)29-25(11-10-23-9-7-21-5-3-4-6-24(21)34-23)35-30-26(13-14-33-37(29)30)36-15-17-39-18-16-36/h3-14,19H,2,15-18,20H2,1H3,(H,31,32). The quantitative estimate of drug-likeness (QED) is 0.291. The maximum absolute atomic E-state index is 11.7. The largest absolute Gasteiger partial charge is 0.465 e. The summed E-state index contributed by atoms with van der Waals surface area (Å²) in [7, 11) is 0. The highest BCUT2D eigenvalue weighted by molar-refractivity contribution is 5.84. The van der Waals surface area contributed by atoms with Crippen molar-refractivity contribution in [2.75, 3.05) is 49.7 Å². The molecular formula is C30H29N7O3. The Hall–Kier alpha value is -4.83. The number of hydrogen-bond acceptors (Lipinski definition) is 9. The fourth-order valence-electron chi connectivity index (χ4n) is 4.74. The molecule has 0 bridgehead atoms. The number of para-hydroxylation sites is 1. The van der Waals surface area contributed by atoms with Gasteiger partial charge in [0, 0.05) is 30.2 Å². The highest BCUT2D eigenvalue weighted by Gasteiger charge is 2.21. The number of benzene rings is 1. The summed E-state index contributed by atoms with van der Waals surface area (Å²) in [6.45, 7) is 5.09. The number of anilines is 2. The number of carbonyl (C=O) groups excluding carboxylic acids is 1. The van der Waals surface area contributed by atoms with Crippen LogP contribution in [0, 0.1) is 0 Å². The minimum Gasteiger partial charge on any atom is -0.465 e. The Morgan fingerprint density at radius 3 is 2.75 bits per heavy atom. The van der Waals surface area contributed by atoms with Gasteiger partial charge in [-0.3, -0.25) is 4.79 Å². The zero-order valence-corrected chi connectivity index (χ0v) is 22.2. The van der Waals surface area contributed by atoms with Gasteiger partial charge in [0.15, 0.2) is 5.65 Å². The predicted octanol–water partition coefficient (Wildman–Crippen LogP) is 4.32. The number of rotatable bonds is 8. The number of carbonyl (C=O) groups is 1. The number of aromatic nitrogens is 5. The third kappa shape index (κ3) is 5.34. The fourth-order valence-corrected chi connectivity index (χ4v) is 4.74. The van der Waals surface area contributed by atoms with Gasteiger partial charge in [0.25, 0.3) is 0 Å². The average Bonchev–Trinajstić information content (AvgIpc) is 3.38. The first-order valence-electron chi connectivity index (χ1n) is 13.3. The van der Waals surface area contributed by atoms with Crippen molar-refractivity contribution >= 4 is 46.2 Å². The van der Waals surface area contributed by atoms with Crippen molar-refractivity contribution in [2.45, 2.75) is 6.92 Å². The third-order valence-corrected chi connectivity index (χ3v) is 6.66. The van der Waals surface area contributed by atoms with E-state index in [2.05, 4.69) is 26.4 Å². The van der Waals surface area contributed by atoms with Crippen LogP contribution in [0.2, 0.25) is 0 Å². The van der Waals surface area contributed by atoms with Gasteiger partial charge in [0.2, 0.25) is 0 Å². The zero-order valence-electron chi connectivity index (χ0n) is 22.2. The smallest absolute Gasteiger partial charge is 0.325 e. The molecule has 0 radical (unpaired) electrons. The zero-order chi connectivity index (χ0) is 27.3. The van der Waals surface area contributed by atoms with Gasteiger partial charge in [-0.2, -0.15) is 5.10 Å². The van der Waals surface area contributed by atoms with Gasteiger partial charge < -0.3 is 19.7 Å². The van der Waals surface area contributed by atoms with Crippen molar-refractivity contribution in [1.29, 1.82) is 0 Å². The number of hydrogen-bond donors (Lipinski definition) is 1. The molecule has 5 aromatic rings. The van der Waals surface area contributed by atoms with Gasteiger partial charge in [-0.05, 0) is 49.4 Å². The molecule has 40 heavy (non-hydrogen) atoms. The van der Waals surface area contributed by atoms with E-state index >= 15 is 0 Å². The number of ether oxygens (including phenoxy) is 2. The third-order valence-electron chi connectivity index (χ3n) is 6.66. The summed E-state index contributed by atoms with van der Waals surface area (Å²) in [4.78, 5) is 28.4. The summed E-state index contributed by atoms with van der Waals surface area (Å²) >= 11 is 0. The summed E-state index contributed by atoms with van der Waals surface area (Å²) in [5, 5.41) is 8.77. The molecule has 0 unspecified atom stereocenters. The van der Waals surface area contributed by atoms with Crippen LogP contribution >= 0.6 is 0 Å². The highest BCUT2D eigenvalue weighted by atomic mass is 16.5. The summed E-state index contributed by atoms with van der Waals surface area (Å²) in [6.07, 6.45) is 7.49. The second-order valence-electron chi connectivity index (χ2n) is 9.25. The number of nitrogens with one attached hydrogen (secondary N) is 1. The van der Waals surface area contributed by atoms with Crippen molar-refractivity contribution in [3.8, 4) is 11.3 Å². The maximum Gasteiger partial charge on any atom is 0.325 e. The molecular weight excluding hydrogens is 506 g/mol. The first kappa shape index (κ1) is 25.4. The van der Waals surface area contributed by atoms with Crippen molar-refractivity contribution in [1.82, 2.24) is 24.6 Å².